The Balaban J connectivity index is 1.77. The molecule has 4 atom stereocenters. The Kier molecular flexibility index (Phi) is 6.05. The van der Waals surface area contributed by atoms with Gasteiger partial charge in [0.2, 0.25) is 5.91 Å². The first-order chi connectivity index (χ1) is 13.6. The van der Waals surface area contributed by atoms with Gasteiger partial charge in [-0.25, -0.2) is 4.79 Å². The van der Waals surface area contributed by atoms with Gasteiger partial charge >= 0.3 is 6.09 Å². The first-order valence-corrected chi connectivity index (χ1v) is 10.6. The van der Waals surface area contributed by atoms with E-state index in [0.717, 1.165) is 18.5 Å². The molecule has 2 aliphatic rings. The van der Waals surface area contributed by atoms with Crippen molar-refractivity contribution >= 4 is 12.0 Å². The van der Waals surface area contributed by atoms with Crippen LogP contribution in [0.3, 0.4) is 0 Å². The monoisotopic (exact) mass is 403 g/mol. The summed E-state index contributed by atoms with van der Waals surface area (Å²) in [5.41, 5.74) is 0.416. The number of carbonyl (C=O) groups excluding carboxylic acids is 2. The smallest absolute Gasteiger partial charge is 0.408 e. The molecule has 3 rings (SSSR count). The summed E-state index contributed by atoms with van der Waals surface area (Å²) < 4.78 is 7.23. The van der Waals surface area contributed by atoms with Crippen molar-refractivity contribution in [3.8, 4) is 0 Å². The average Bonchev–Trinajstić information content (AvgIpc) is 2.64. The van der Waals surface area contributed by atoms with Gasteiger partial charge in [-0.15, -0.1) is 0 Å². The highest BCUT2D eigenvalue weighted by atomic mass is 16.6. The second-order valence-electron chi connectivity index (χ2n) is 9.45. The highest BCUT2D eigenvalue weighted by Crippen LogP contribution is 2.35. The summed E-state index contributed by atoms with van der Waals surface area (Å²) >= 11 is 0. The fourth-order valence-electron chi connectivity index (χ4n) is 4.39. The number of piperidine rings is 1. The minimum atomic E-state index is -0.619. The third-order valence-corrected chi connectivity index (χ3v) is 5.94. The topological polar surface area (TPSA) is 80.6 Å². The van der Waals surface area contributed by atoms with E-state index in [2.05, 4.69) is 5.32 Å². The molecule has 0 aromatic carbocycles. The zero-order valence-corrected chi connectivity index (χ0v) is 18.1. The molecule has 29 heavy (non-hydrogen) atoms. The number of aromatic nitrogens is 1. The van der Waals surface area contributed by atoms with Crippen molar-refractivity contribution in [3.05, 3.63) is 34.2 Å². The standard InChI is InChI=1S/C22H33N3O4/c1-6-14(2)19(23-21(28)29-22(3,4)5)20(27)24-11-15-10-16(13-24)17-8-7-9-18(26)25(17)12-15/h7-9,14-16,19H,6,10-13H2,1-5H3,(H,23,28)/t14-,15-,16-,19-/m1/s1. The van der Waals surface area contributed by atoms with E-state index in [9.17, 15) is 14.4 Å². The Morgan fingerprint density at radius 2 is 1.97 bits per heavy atom. The Bertz CT molecular complexity index is 826. The van der Waals surface area contributed by atoms with Crippen LogP contribution in [-0.4, -0.2) is 46.2 Å². The summed E-state index contributed by atoms with van der Waals surface area (Å²) in [6.45, 7) is 11.2. The molecule has 7 nitrogen and oxygen atoms in total. The number of hydrogen-bond acceptors (Lipinski definition) is 4. The average molecular weight is 404 g/mol. The summed E-state index contributed by atoms with van der Waals surface area (Å²) in [6, 6.07) is 4.76. The number of likely N-dealkylation sites (tertiary alicyclic amines) is 1. The number of nitrogens with one attached hydrogen (secondary N) is 1. The maximum absolute atomic E-state index is 13.4. The van der Waals surface area contributed by atoms with E-state index >= 15 is 0 Å². The number of fused-ring (bicyclic) bond motifs is 4. The molecule has 2 aliphatic heterocycles. The van der Waals surface area contributed by atoms with Crippen LogP contribution in [0.5, 0.6) is 0 Å². The van der Waals surface area contributed by atoms with Gasteiger partial charge in [0, 0.05) is 37.3 Å². The zero-order chi connectivity index (χ0) is 21.3. The highest BCUT2D eigenvalue weighted by molar-refractivity contribution is 5.86. The summed E-state index contributed by atoms with van der Waals surface area (Å²) in [6.07, 6.45) is 1.19. The third kappa shape index (κ3) is 4.82. The van der Waals surface area contributed by atoms with E-state index in [4.69, 9.17) is 4.74 Å². The van der Waals surface area contributed by atoms with Crippen molar-refractivity contribution < 1.29 is 14.3 Å². The van der Waals surface area contributed by atoms with Crippen LogP contribution in [0.25, 0.3) is 0 Å². The Hall–Kier alpha value is -2.31. The third-order valence-electron chi connectivity index (χ3n) is 5.94. The quantitative estimate of drug-likeness (QED) is 0.838. The summed E-state index contributed by atoms with van der Waals surface area (Å²) in [4.78, 5) is 39.8. The number of ether oxygens (including phenoxy) is 1. The summed E-state index contributed by atoms with van der Waals surface area (Å²) in [5.74, 6) is 0.335. The normalized spacial score (nSPS) is 23.0. The second-order valence-corrected chi connectivity index (χ2v) is 9.45. The molecule has 7 heteroatoms. The Morgan fingerprint density at radius 3 is 2.62 bits per heavy atom. The molecular formula is C22H33N3O4. The molecular weight excluding hydrogens is 370 g/mol. The fraction of sp³-hybridized carbons (Fsp3) is 0.682. The lowest BCUT2D eigenvalue weighted by Crippen LogP contribution is -2.57. The van der Waals surface area contributed by atoms with E-state index in [1.165, 1.54) is 0 Å². The van der Waals surface area contributed by atoms with Crippen molar-refractivity contribution in [2.45, 2.75) is 71.6 Å². The molecule has 0 aliphatic carbocycles. The predicted molar refractivity (Wildman–Crippen MR) is 111 cm³/mol. The van der Waals surface area contributed by atoms with E-state index in [-0.39, 0.29) is 29.2 Å². The van der Waals surface area contributed by atoms with Gasteiger partial charge in [0.1, 0.15) is 11.6 Å². The first kappa shape index (κ1) is 21.4. The van der Waals surface area contributed by atoms with Crippen LogP contribution in [0.4, 0.5) is 4.79 Å². The Labute approximate surface area is 172 Å². The number of rotatable bonds is 4. The minimum absolute atomic E-state index is 0.00769. The Morgan fingerprint density at radius 1 is 1.24 bits per heavy atom. The number of carbonyl (C=O) groups is 2. The largest absolute Gasteiger partial charge is 0.444 e. The maximum atomic E-state index is 13.4. The van der Waals surface area contributed by atoms with Gasteiger partial charge in [-0.05, 0) is 45.1 Å². The van der Waals surface area contributed by atoms with E-state index in [0.29, 0.717) is 19.6 Å². The van der Waals surface area contributed by atoms with Crippen molar-refractivity contribution in [3.63, 3.8) is 0 Å². The lowest BCUT2D eigenvalue weighted by atomic mass is 9.82. The van der Waals surface area contributed by atoms with E-state index in [1.54, 1.807) is 32.9 Å². The van der Waals surface area contributed by atoms with E-state index < -0.39 is 17.7 Å². The molecule has 0 unspecified atom stereocenters. The molecule has 1 N–H and O–H groups in total. The molecule has 3 heterocycles. The predicted octanol–water partition coefficient (Wildman–Crippen LogP) is 2.73. The number of hydrogen-bond donors (Lipinski definition) is 1. The molecule has 1 saturated heterocycles. The van der Waals surface area contributed by atoms with Gasteiger partial charge in [0.15, 0.2) is 0 Å². The van der Waals surface area contributed by atoms with Crippen LogP contribution in [0.2, 0.25) is 0 Å². The molecule has 1 fully saturated rings. The van der Waals surface area contributed by atoms with Crippen molar-refractivity contribution in [1.29, 1.82) is 0 Å². The molecule has 0 radical (unpaired) electrons. The molecule has 1 aromatic heterocycles. The summed E-state index contributed by atoms with van der Waals surface area (Å²) in [7, 11) is 0. The van der Waals surface area contributed by atoms with Gasteiger partial charge in [-0.2, -0.15) is 0 Å². The number of amides is 2. The van der Waals surface area contributed by atoms with Crippen LogP contribution in [-0.2, 0) is 16.1 Å². The van der Waals surface area contributed by atoms with Crippen molar-refractivity contribution in [2.75, 3.05) is 13.1 Å². The van der Waals surface area contributed by atoms with Crippen LogP contribution >= 0.6 is 0 Å². The van der Waals surface area contributed by atoms with Gasteiger partial charge in [-0.1, -0.05) is 26.3 Å². The summed E-state index contributed by atoms with van der Waals surface area (Å²) in [5, 5.41) is 2.81. The van der Waals surface area contributed by atoms with Gasteiger partial charge in [-0.3, -0.25) is 9.59 Å². The van der Waals surface area contributed by atoms with Crippen LogP contribution in [0, 0.1) is 11.8 Å². The highest BCUT2D eigenvalue weighted by Gasteiger charge is 2.39. The van der Waals surface area contributed by atoms with Gasteiger partial charge in [0.05, 0.1) is 0 Å². The number of alkyl carbamates (subject to hydrolysis) is 1. The van der Waals surface area contributed by atoms with Gasteiger partial charge in [0.25, 0.3) is 5.56 Å². The SMILES string of the molecule is CC[C@@H](C)[C@@H](NC(=O)OC(C)(C)C)C(=O)N1C[C@H]2C[C@H](C1)c1cccc(=O)n1C2. The van der Waals surface area contributed by atoms with Crippen molar-refractivity contribution in [2.24, 2.45) is 11.8 Å². The lowest BCUT2D eigenvalue weighted by molar-refractivity contribution is -0.137. The number of nitrogens with zero attached hydrogens (tertiary/aromatic N) is 2. The molecule has 160 valence electrons. The first-order valence-electron chi connectivity index (χ1n) is 10.6. The molecule has 1 aromatic rings. The maximum Gasteiger partial charge on any atom is 0.408 e. The van der Waals surface area contributed by atoms with Crippen LogP contribution in [0.15, 0.2) is 23.0 Å². The van der Waals surface area contributed by atoms with Crippen molar-refractivity contribution in [1.82, 2.24) is 14.8 Å². The fourth-order valence-corrected chi connectivity index (χ4v) is 4.39. The van der Waals surface area contributed by atoms with Crippen LogP contribution < -0.4 is 10.9 Å². The lowest BCUT2D eigenvalue weighted by Gasteiger charge is -2.44. The minimum Gasteiger partial charge on any atom is -0.444 e. The molecule has 0 spiro atoms. The molecule has 2 bridgehead atoms. The molecule has 0 saturated carbocycles. The molecule has 2 amide bonds. The zero-order valence-electron chi connectivity index (χ0n) is 18.1. The van der Waals surface area contributed by atoms with E-state index in [1.807, 2.05) is 29.4 Å². The number of pyridine rings is 1. The van der Waals surface area contributed by atoms with Gasteiger partial charge < -0.3 is 19.5 Å². The second kappa shape index (κ2) is 8.20. The van der Waals surface area contributed by atoms with Crippen LogP contribution in [0.1, 0.15) is 59.1 Å².